The third-order valence-corrected chi connectivity index (χ3v) is 3.71. The average molecular weight is 282 g/mol. The number of carbonyl (C=O) groups excluding carboxylic acids is 1. The molecule has 110 valence electrons. The number of carbonyl (C=O) groups is 1. The van der Waals surface area contributed by atoms with Gasteiger partial charge in [-0.2, -0.15) is 0 Å². The van der Waals surface area contributed by atoms with E-state index >= 15 is 0 Å². The number of benzene rings is 1. The lowest BCUT2D eigenvalue weighted by Gasteiger charge is -2.25. The van der Waals surface area contributed by atoms with E-state index in [2.05, 4.69) is 5.32 Å². The lowest BCUT2D eigenvalue weighted by molar-refractivity contribution is -0.129. The molecule has 2 rings (SSSR count). The van der Waals surface area contributed by atoms with E-state index < -0.39 is 11.6 Å². The molecule has 5 heteroatoms. The largest absolute Gasteiger partial charge is 0.335 e. The number of hydrogen-bond acceptors (Lipinski definition) is 2. The molecule has 1 fully saturated rings. The first-order chi connectivity index (χ1) is 9.61. The van der Waals surface area contributed by atoms with Crippen molar-refractivity contribution >= 4 is 5.91 Å². The van der Waals surface area contributed by atoms with Crippen molar-refractivity contribution in [3.05, 3.63) is 35.4 Å². The van der Waals surface area contributed by atoms with Gasteiger partial charge in [-0.25, -0.2) is 8.78 Å². The Bertz CT molecular complexity index is 479. The van der Waals surface area contributed by atoms with Crippen LogP contribution in [0.1, 0.15) is 31.7 Å². The first-order valence-electron chi connectivity index (χ1n) is 7.06. The Hall–Kier alpha value is -1.49. The van der Waals surface area contributed by atoms with E-state index in [0.29, 0.717) is 12.0 Å². The van der Waals surface area contributed by atoms with Gasteiger partial charge in [0, 0.05) is 30.6 Å². The van der Waals surface area contributed by atoms with Crippen LogP contribution >= 0.6 is 0 Å². The number of nitrogens with one attached hydrogen (secondary N) is 1. The van der Waals surface area contributed by atoms with Crippen LogP contribution < -0.4 is 5.32 Å². The van der Waals surface area contributed by atoms with Gasteiger partial charge in [-0.15, -0.1) is 0 Å². The zero-order valence-electron chi connectivity index (χ0n) is 11.7. The molecule has 1 aromatic carbocycles. The normalized spacial score (nSPS) is 18.9. The van der Waals surface area contributed by atoms with Crippen molar-refractivity contribution < 1.29 is 13.6 Å². The molecule has 1 amide bonds. The van der Waals surface area contributed by atoms with Crippen molar-refractivity contribution in [2.75, 3.05) is 13.1 Å². The average Bonchev–Trinajstić information content (AvgIpc) is 2.75. The van der Waals surface area contributed by atoms with E-state index in [1.54, 1.807) is 4.90 Å². The topological polar surface area (TPSA) is 32.3 Å². The molecule has 0 aliphatic carbocycles. The maximum absolute atomic E-state index is 13.7. The Kier molecular flexibility index (Phi) is 5.06. The molecule has 20 heavy (non-hydrogen) atoms. The van der Waals surface area contributed by atoms with Gasteiger partial charge in [0.1, 0.15) is 11.6 Å². The van der Waals surface area contributed by atoms with Gasteiger partial charge in [-0.3, -0.25) is 4.79 Å². The minimum absolute atomic E-state index is 0.0511. The van der Waals surface area contributed by atoms with Gasteiger partial charge in [0.05, 0.1) is 0 Å². The predicted octanol–water partition coefficient (Wildman–Crippen LogP) is 2.46. The fraction of sp³-hybridized carbons (Fsp3) is 0.533. The maximum Gasteiger partial charge on any atom is 0.223 e. The Labute approximate surface area is 118 Å². The lowest BCUT2D eigenvalue weighted by atomic mass is 10.1. The predicted molar refractivity (Wildman–Crippen MR) is 73.1 cm³/mol. The number of hydrogen-bond donors (Lipinski definition) is 1. The van der Waals surface area contributed by atoms with Gasteiger partial charge in [0.15, 0.2) is 0 Å². The van der Waals surface area contributed by atoms with Gasteiger partial charge in [0.2, 0.25) is 5.91 Å². The standard InChI is InChI=1S/C15H20F2N2O/c1-2-18-8-7-13-5-6-15(20)19(13)10-11-3-4-12(16)9-14(11)17/h3-4,9,13,18H,2,5-8,10H2,1H3. The summed E-state index contributed by atoms with van der Waals surface area (Å²) in [5.74, 6) is -1.13. The second kappa shape index (κ2) is 6.79. The van der Waals surface area contributed by atoms with Crippen molar-refractivity contribution in [2.24, 2.45) is 0 Å². The molecule has 0 spiro atoms. The molecule has 1 aromatic rings. The molecule has 1 heterocycles. The molecule has 0 bridgehead atoms. The highest BCUT2D eigenvalue weighted by molar-refractivity contribution is 5.78. The summed E-state index contributed by atoms with van der Waals surface area (Å²) in [7, 11) is 0. The fourth-order valence-electron chi connectivity index (χ4n) is 2.59. The van der Waals surface area contributed by atoms with Crippen LogP contribution in [0.25, 0.3) is 0 Å². The third-order valence-electron chi connectivity index (χ3n) is 3.71. The van der Waals surface area contributed by atoms with Gasteiger partial charge in [-0.1, -0.05) is 13.0 Å². The fourth-order valence-corrected chi connectivity index (χ4v) is 2.59. The smallest absolute Gasteiger partial charge is 0.223 e. The van der Waals surface area contributed by atoms with Crippen LogP contribution in [0.2, 0.25) is 0 Å². The summed E-state index contributed by atoms with van der Waals surface area (Å²) in [6, 6.07) is 3.65. The van der Waals surface area contributed by atoms with Crippen molar-refractivity contribution in [2.45, 2.75) is 38.8 Å². The summed E-state index contributed by atoms with van der Waals surface area (Å²) in [4.78, 5) is 13.6. The second-order valence-corrected chi connectivity index (χ2v) is 5.09. The molecule has 0 radical (unpaired) electrons. The molecule has 3 nitrogen and oxygen atoms in total. The summed E-state index contributed by atoms with van der Waals surface area (Å²) in [6.45, 7) is 4.00. The first kappa shape index (κ1) is 14.9. The summed E-state index contributed by atoms with van der Waals surface area (Å²) >= 11 is 0. The molecule has 1 aliphatic rings. The van der Waals surface area contributed by atoms with Crippen LogP contribution in [0.3, 0.4) is 0 Å². The quantitative estimate of drug-likeness (QED) is 0.813. The Balaban J connectivity index is 2.02. The summed E-state index contributed by atoms with van der Waals surface area (Å²) in [6.07, 6.45) is 2.19. The molecule has 1 saturated heterocycles. The van der Waals surface area contributed by atoms with Crippen molar-refractivity contribution in [1.82, 2.24) is 10.2 Å². The molecule has 1 unspecified atom stereocenters. The number of halogens is 2. The molecule has 1 N–H and O–H groups in total. The molecular formula is C15H20F2N2O. The molecule has 0 saturated carbocycles. The molecular weight excluding hydrogens is 262 g/mol. The lowest BCUT2D eigenvalue weighted by Crippen LogP contribution is -2.35. The van der Waals surface area contributed by atoms with E-state index in [9.17, 15) is 13.6 Å². The Morgan fingerprint density at radius 1 is 1.40 bits per heavy atom. The summed E-state index contributed by atoms with van der Waals surface area (Å²) in [5.41, 5.74) is 0.370. The van der Waals surface area contributed by atoms with E-state index in [4.69, 9.17) is 0 Å². The van der Waals surface area contributed by atoms with Gasteiger partial charge in [-0.05, 0) is 32.0 Å². The van der Waals surface area contributed by atoms with Crippen molar-refractivity contribution in [3.63, 3.8) is 0 Å². The molecule has 1 atom stereocenters. The van der Waals surface area contributed by atoms with E-state index in [-0.39, 0.29) is 18.5 Å². The maximum atomic E-state index is 13.7. The highest BCUT2D eigenvalue weighted by Crippen LogP contribution is 2.24. The van der Waals surface area contributed by atoms with Crippen LogP contribution in [0, 0.1) is 11.6 Å². The number of rotatable bonds is 6. The van der Waals surface area contributed by atoms with E-state index in [1.165, 1.54) is 12.1 Å². The summed E-state index contributed by atoms with van der Waals surface area (Å²) < 4.78 is 26.6. The number of amides is 1. The zero-order valence-corrected chi connectivity index (χ0v) is 11.7. The molecule has 0 aromatic heterocycles. The van der Waals surface area contributed by atoms with Crippen LogP contribution in [-0.4, -0.2) is 29.9 Å². The van der Waals surface area contributed by atoms with Gasteiger partial charge < -0.3 is 10.2 Å². The van der Waals surface area contributed by atoms with Crippen LogP contribution in [0.4, 0.5) is 8.78 Å². The van der Waals surface area contributed by atoms with Crippen molar-refractivity contribution in [1.29, 1.82) is 0 Å². The van der Waals surface area contributed by atoms with Crippen molar-refractivity contribution in [3.8, 4) is 0 Å². The minimum atomic E-state index is -0.595. The van der Waals surface area contributed by atoms with Crippen LogP contribution in [0.15, 0.2) is 18.2 Å². The highest BCUT2D eigenvalue weighted by Gasteiger charge is 2.30. The van der Waals surface area contributed by atoms with Gasteiger partial charge in [0.25, 0.3) is 0 Å². The van der Waals surface area contributed by atoms with Crippen LogP contribution in [-0.2, 0) is 11.3 Å². The van der Waals surface area contributed by atoms with E-state index in [0.717, 1.165) is 32.0 Å². The minimum Gasteiger partial charge on any atom is -0.335 e. The van der Waals surface area contributed by atoms with E-state index in [1.807, 2.05) is 6.92 Å². The highest BCUT2D eigenvalue weighted by atomic mass is 19.1. The van der Waals surface area contributed by atoms with Gasteiger partial charge >= 0.3 is 0 Å². The zero-order chi connectivity index (χ0) is 14.5. The number of nitrogens with zero attached hydrogens (tertiary/aromatic N) is 1. The third kappa shape index (κ3) is 3.54. The Morgan fingerprint density at radius 3 is 2.90 bits per heavy atom. The first-order valence-corrected chi connectivity index (χ1v) is 7.06. The monoisotopic (exact) mass is 282 g/mol. The summed E-state index contributed by atoms with van der Waals surface area (Å²) in [5, 5.41) is 3.23. The van der Waals surface area contributed by atoms with Crippen LogP contribution in [0.5, 0.6) is 0 Å². The second-order valence-electron chi connectivity index (χ2n) is 5.09. The number of likely N-dealkylation sites (tertiary alicyclic amines) is 1. The molecule has 1 aliphatic heterocycles. The SMILES string of the molecule is CCNCCC1CCC(=O)N1Cc1ccc(F)cc1F. The Morgan fingerprint density at radius 2 is 2.20 bits per heavy atom.